The third-order valence-corrected chi connectivity index (χ3v) is 18.6. The van der Waals surface area contributed by atoms with Gasteiger partial charge in [0.15, 0.2) is 5.96 Å². The second kappa shape index (κ2) is 53.6. The van der Waals surface area contributed by atoms with Gasteiger partial charge in [0.25, 0.3) is 0 Å². The standard InChI is InChI=1S/C72H119N21O19S2/c1-38(2)30-51(90-70(110)54(34-42-35-79-37-82-42)92-66(106)50(25-29-114-8)88-62(102)46(13-11-27-80-72(77)78)84-63(103)47(18-21-56(75)95)83-58(97)36-81-60(100)44(74)24-28-113-7)67(107)85-45(12-9-10-26-73)61(101)86-48(19-22-57(76)96)64(104)91-53(33-41-14-16-43(94)17-15-41)69(109)87-49(20-23-59(98)99)65(105)89-52(31-39(3)4)68(108)93-55(71(111)112)32-40(5)6/h14-17,35,37-40,44-55,94H,9-13,18-34,36,73-74H2,1-8H3,(H2,75,95)(H2,76,96)(H,79,82)(H,81,100)(H,83,97)(H,84,103)(H,85,107)(H,86,101)(H,87,109)(H,88,102)(H,89,105)(H,90,110)(H,91,104)(H,92,106)(H,93,108)(H,98,99)(H,111,112)(H4,77,78,80)/t44-,45-,46-,47-,48-,49-,50-,51-,52-,53-,54-,55-/m0/s1. The number of guanidine groups is 1. The molecule has 0 bridgehead atoms. The Labute approximate surface area is 671 Å². The van der Waals surface area contributed by atoms with Crippen molar-refractivity contribution < 1.29 is 92.0 Å². The Morgan fingerprint density at radius 2 is 0.833 bits per heavy atom. The Hall–Kier alpha value is -10.4. The van der Waals surface area contributed by atoms with Gasteiger partial charge in [-0.05, 0) is 149 Å². The number of carbonyl (C=O) groups is 16. The Bertz CT molecular complexity index is 3520. The third-order valence-electron chi connectivity index (χ3n) is 17.3. The van der Waals surface area contributed by atoms with Crippen molar-refractivity contribution in [3.8, 4) is 5.75 Å². The van der Waals surface area contributed by atoms with Crippen LogP contribution in [0.1, 0.15) is 156 Å². The third kappa shape index (κ3) is 40.9. The summed E-state index contributed by atoms with van der Waals surface area (Å²) in [5.41, 5.74) is 34.5. The van der Waals surface area contributed by atoms with Crippen molar-refractivity contribution in [2.75, 3.05) is 43.7 Å². The number of rotatable bonds is 58. The van der Waals surface area contributed by atoms with Crippen molar-refractivity contribution in [1.29, 1.82) is 0 Å². The number of hydrogen-bond acceptors (Lipinski definition) is 23. The number of aromatic hydroxyl groups is 1. The van der Waals surface area contributed by atoms with E-state index in [1.54, 1.807) is 47.8 Å². The second-order valence-corrected chi connectivity index (χ2v) is 30.6. The molecule has 0 aliphatic carbocycles. The topological polar surface area (TPSA) is 675 Å². The van der Waals surface area contributed by atoms with Crippen LogP contribution in [0.3, 0.4) is 0 Å². The Morgan fingerprint density at radius 1 is 0.456 bits per heavy atom. The molecular formula is C72H119N21O19S2. The fourth-order valence-electron chi connectivity index (χ4n) is 11.3. The van der Waals surface area contributed by atoms with Crippen LogP contribution in [0, 0.1) is 17.8 Å². The molecule has 638 valence electrons. The van der Waals surface area contributed by atoms with Gasteiger partial charge in [-0.2, -0.15) is 23.5 Å². The Morgan fingerprint density at radius 3 is 1.25 bits per heavy atom. The van der Waals surface area contributed by atoms with Crippen LogP contribution in [0.5, 0.6) is 5.75 Å². The highest BCUT2D eigenvalue weighted by molar-refractivity contribution is 7.98. The molecule has 14 amide bonds. The minimum atomic E-state index is -1.73. The lowest BCUT2D eigenvalue weighted by molar-refractivity contribution is -0.143. The van der Waals surface area contributed by atoms with Crippen molar-refractivity contribution in [3.63, 3.8) is 0 Å². The Balaban J connectivity index is 2.65. The number of hydrogen-bond donors (Lipinski definition) is 22. The van der Waals surface area contributed by atoms with Crippen LogP contribution in [-0.2, 0) is 89.6 Å². The van der Waals surface area contributed by atoms with E-state index < -0.39 is 212 Å². The summed E-state index contributed by atoms with van der Waals surface area (Å²) in [5, 5.41) is 60.5. The first-order chi connectivity index (χ1) is 53.8. The van der Waals surface area contributed by atoms with E-state index in [0.29, 0.717) is 29.9 Å². The van der Waals surface area contributed by atoms with Crippen LogP contribution in [0.25, 0.3) is 0 Å². The number of imidazole rings is 1. The summed E-state index contributed by atoms with van der Waals surface area (Å²) in [5.74, 6) is -16.3. The fraction of sp³-hybridized carbons (Fsp3) is 0.639. The highest BCUT2D eigenvalue weighted by atomic mass is 32.2. The van der Waals surface area contributed by atoms with E-state index in [9.17, 15) is 92.0 Å². The zero-order valence-corrected chi connectivity index (χ0v) is 67.6. The molecule has 1 aromatic carbocycles. The van der Waals surface area contributed by atoms with E-state index >= 15 is 0 Å². The number of aliphatic imine (C=N–C) groups is 1. The van der Waals surface area contributed by atoms with Gasteiger partial charge in [0.05, 0.1) is 18.9 Å². The molecule has 0 saturated carbocycles. The number of amides is 14. The number of phenolic OH excluding ortho intramolecular Hbond substituents is 1. The number of unbranched alkanes of at least 4 members (excludes halogenated alkanes) is 1. The summed E-state index contributed by atoms with van der Waals surface area (Å²) in [6.07, 6.45) is 2.87. The number of nitrogens with zero attached hydrogens (tertiary/aromatic N) is 2. The summed E-state index contributed by atoms with van der Waals surface area (Å²) in [6.45, 7) is 9.87. The maximum absolute atomic E-state index is 14.9. The van der Waals surface area contributed by atoms with Gasteiger partial charge in [-0.25, -0.2) is 9.78 Å². The van der Waals surface area contributed by atoms with Gasteiger partial charge in [-0.1, -0.05) is 53.7 Å². The number of phenols is 1. The predicted molar refractivity (Wildman–Crippen MR) is 425 cm³/mol. The molecule has 1 aromatic heterocycles. The second-order valence-electron chi connectivity index (χ2n) is 28.7. The zero-order valence-electron chi connectivity index (χ0n) is 65.9. The molecule has 2 aromatic rings. The summed E-state index contributed by atoms with van der Waals surface area (Å²) >= 11 is 2.75. The number of aromatic amines is 1. The maximum atomic E-state index is 14.9. The molecular weight excluding hydrogens is 1530 g/mol. The summed E-state index contributed by atoms with van der Waals surface area (Å²) in [7, 11) is 0. The number of carboxylic acids is 2. The van der Waals surface area contributed by atoms with Crippen molar-refractivity contribution in [3.05, 3.63) is 48.0 Å². The number of H-pyrrole nitrogens is 1. The lowest BCUT2D eigenvalue weighted by atomic mass is 9.99. The van der Waals surface area contributed by atoms with Gasteiger partial charge in [0.1, 0.15) is 72.2 Å². The highest BCUT2D eigenvalue weighted by Crippen LogP contribution is 2.17. The molecule has 40 nitrogen and oxygen atoms in total. The number of nitrogens with two attached hydrogens (primary N) is 6. The maximum Gasteiger partial charge on any atom is 0.326 e. The number of aliphatic carboxylic acids is 2. The van der Waals surface area contributed by atoms with E-state index in [2.05, 4.69) is 78.8 Å². The minimum Gasteiger partial charge on any atom is -0.508 e. The quantitative estimate of drug-likeness (QED) is 0.0170. The SMILES string of the molecule is CSCC[C@H](NC(=O)[C@H](CCCN=C(N)N)NC(=O)[C@H](CCC(N)=O)NC(=O)CNC(=O)[C@@H](N)CCSC)C(=O)N[C@@H](Cc1cnc[nH]1)C(=O)N[C@@H](CC(C)C)C(=O)N[C@@H](CCCCN)C(=O)N[C@@H](CCC(N)=O)C(=O)N[C@@H](Cc1ccc(O)cc1)C(=O)N[C@@H](CCC(=O)O)C(=O)N[C@@H](CC(C)C)C(=O)N[C@@H](CC(C)C)C(=O)O. The summed E-state index contributed by atoms with van der Waals surface area (Å²) < 4.78 is 0. The van der Waals surface area contributed by atoms with E-state index in [1.807, 2.05) is 6.26 Å². The number of aromatic nitrogens is 2. The molecule has 114 heavy (non-hydrogen) atoms. The number of carbonyl (C=O) groups excluding carboxylic acids is 14. The van der Waals surface area contributed by atoms with Crippen LogP contribution in [0.15, 0.2) is 41.8 Å². The predicted octanol–water partition coefficient (Wildman–Crippen LogP) is -4.02. The first kappa shape index (κ1) is 99.7. The van der Waals surface area contributed by atoms with E-state index in [-0.39, 0.29) is 113 Å². The minimum absolute atomic E-state index is 0.0292. The Kier molecular flexibility index (Phi) is 46.9. The van der Waals surface area contributed by atoms with E-state index in [4.69, 9.17) is 34.4 Å². The van der Waals surface area contributed by atoms with Gasteiger partial charge in [0.2, 0.25) is 82.7 Å². The first-order valence-electron chi connectivity index (χ1n) is 37.6. The largest absolute Gasteiger partial charge is 0.508 e. The molecule has 0 saturated heterocycles. The van der Waals surface area contributed by atoms with Crippen LogP contribution >= 0.6 is 23.5 Å². The fourth-order valence-corrected chi connectivity index (χ4v) is 12.3. The van der Waals surface area contributed by atoms with Crippen molar-refractivity contribution in [2.45, 2.75) is 230 Å². The highest BCUT2D eigenvalue weighted by Gasteiger charge is 2.38. The number of primary amides is 2. The molecule has 42 heteroatoms. The van der Waals surface area contributed by atoms with Crippen molar-refractivity contribution in [2.24, 2.45) is 57.1 Å². The summed E-state index contributed by atoms with van der Waals surface area (Å²) in [4.78, 5) is 230. The number of nitrogens with one attached hydrogen (secondary N) is 13. The van der Waals surface area contributed by atoms with Gasteiger partial charge < -0.3 is 119 Å². The molecule has 2 rings (SSSR count). The zero-order chi connectivity index (χ0) is 85.7. The van der Waals surface area contributed by atoms with E-state index in [0.717, 1.165) is 0 Å². The molecule has 28 N–H and O–H groups in total. The van der Waals surface area contributed by atoms with Gasteiger partial charge >= 0.3 is 11.9 Å². The van der Waals surface area contributed by atoms with Crippen molar-refractivity contribution in [1.82, 2.24) is 73.8 Å². The lowest BCUT2D eigenvalue weighted by Gasteiger charge is -2.29. The van der Waals surface area contributed by atoms with Crippen molar-refractivity contribution >= 4 is 124 Å². The van der Waals surface area contributed by atoms with Gasteiger partial charge in [-0.3, -0.25) is 76.9 Å². The molecule has 0 aliphatic rings. The normalized spacial score (nSPS) is 14.3. The molecule has 0 radical (unpaired) electrons. The molecule has 0 unspecified atom stereocenters. The molecule has 12 atom stereocenters. The smallest absolute Gasteiger partial charge is 0.326 e. The van der Waals surface area contributed by atoms with Gasteiger partial charge in [0, 0.05) is 50.5 Å². The monoisotopic (exact) mass is 1650 g/mol. The number of carboxylic acid groups (broad SMARTS) is 2. The number of benzene rings is 1. The lowest BCUT2D eigenvalue weighted by Crippen LogP contribution is -2.61. The first-order valence-corrected chi connectivity index (χ1v) is 40.4. The molecule has 0 fully saturated rings. The summed E-state index contributed by atoms with van der Waals surface area (Å²) in [6, 6.07) is -12.4. The van der Waals surface area contributed by atoms with E-state index in [1.165, 1.54) is 60.3 Å². The molecule has 0 spiro atoms. The average molecular weight is 1650 g/mol. The molecule has 0 aliphatic heterocycles. The average Bonchev–Trinajstić information content (AvgIpc) is 0.939. The van der Waals surface area contributed by atoms with Gasteiger partial charge in [-0.15, -0.1) is 0 Å². The van der Waals surface area contributed by atoms with Crippen LogP contribution in [0.4, 0.5) is 0 Å². The number of thioether (sulfide) groups is 2. The van der Waals surface area contributed by atoms with Crippen LogP contribution in [0.2, 0.25) is 0 Å². The van der Waals surface area contributed by atoms with Crippen LogP contribution < -0.4 is 98.2 Å². The van der Waals surface area contributed by atoms with Crippen LogP contribution in [-0.4, -0.2) is 242 Å². The molecule has 1 heterocycles.